The molecule has 0 spiro atoms. The summed E-state index contributed by atoms with van der Waals surface area (Å²) in [5.41, 5.74) is 1.42. The first-order chi connectivity index (χ1) is 31.7. The number of amides is 2. The smallest absolute Gasteiger partial charge is 0.378 e. The molecule has 15 nitrogen and oxygen atoms in total. The Morgan fingerprint density at radius 2 is 1.61 bits per heavy atom. The van der Waals surface area contributed by atoms with Crippen molar-refractivity contribution in [1.29, 1.82) is 0 Å². The maximum atomic E-state index is 14.2. The summed E-state index contributed by atoms with van der Waals surface area (Å²) < 4.78 is 40.3. The second-order valence-electron chi connectivity index (χ2n) is 22.3. The Morgan fingerprint density at radius 1 is 0.971 bits per heavy atom. The van der Waals surface area contributed by atoms with E-state index in [0.29, 0.717) is 33.5 Å². The Labute approximate surface area is 421 Å². The largest absolute Gasteiger partial charge is 0.541 e. The molecule has 4 heterocycles. The minimum absolute atomic E-state index is 0.0657. The fraction of sp³-hybridized carbons (Fsp3) is 0.562. The molecule has 1 aromatic carbocycles. The number of hydrogen-bond acceptors (Lipinski definition) is 13. The van der Waals surface area contributed by atoms with Crippen molar-refractivity contribution in [2.75, 3.05) is 5.75 Å². The van der Waals surface area contributed by atoms with Crippen LogP contribution in [0.4, 0.5) is 0 Å². The minimum atomic E-state index is -2.40. The molecule has 69 heavy (non-hydrogen) atoms. The number of hydrogen-bond donors (Lipinski definition) is 1. The van der Waals surface area contributed by atoms with Crippen LogP contribution in [-0.2, 0) is 63.6 Å². The van der Waals surface area contributed by atoms with Crippen LogP contribution in [0.25, 0.3) is 11.1 Å². The third-order valence-corrected chi connectivity index (χ3v) is 24.9. The average molecular weight is 1040 g/mol. The summed E-state index contributed by atoms with van der Waals surface area (Å²) in [6, 6.07) is 4.64. The topological polar surface area (TPSA) is 176 Å². The summed E-state index contributed by atoms with van der Waals surface area (Å²) in [5.74, 6) is -2.23. The number of carbonyl (C=O) groups excluding carboxylic acids is 4. The zero-order valence-corrected chi connectivity index (χ0v) is 47.1. The SMILES string of the molecule is [B]OC(=O)C1=C(C[n+]2ccc(-c3ccc(O[Si](C)(C)C(C)(C)C)c(O[Si](C)(C)C(C)(C)C)c3Cl)c3c2CCC3)CS(=O)[C@@H]2[C@H](NC(=O)/C(=N\OC(C)(C)C(=O)OC(C)(C)C)c3csc(C)n3)C(=O)N12. The average Bonchev–Trinajstić information content (AvgIpc) is 3.90. The van der Waals surface area contributed by atoms with Crippen molar-refractivity contribution in [3.05, 3.63) is 68.0 Å². The van der Waals surface area contributed by atoms with E-state index in [1.165, 1.54) is 25.2 Å². The molecule has 1 aliphatic carbocycles. The van der Waals surface area contributed by atoms with Gasteiger partial charge >= 0.3 is 20.0 Å². The molecular weight excluding hydrogens is 973 g/mol. The van der Waals surface area contributed by atoms with Crippen molar-refractivity contribution < 1.29 is 51.0 Å². The van der Waals surface area contributed by atoms with Crippen LogP contribution in [0.3, 0.4) is 0 Å². The number of esters is 1. The predicted octanol–water partition coefficient (Wildman–Crippen LogP) is 8.15. The molecule has 2 aliphatic heterocycles. The number of halogens is 1. The van der Waals surface area contributed by atoms with Crippen LogP contribution in [0.5, 0.6) is 11.5 Å². The van der Waals surface area contributed by atoms with E-state index in [1.807, 2.05) is 29.0 Å². The van der Waals surface area contributed by atoms with Crippen LogP contribution in [0.2, 0.25) is 41.3 Å². The Bertz CT molecular complexity index is 2670. The van der Waals surface area contributed by atoms with Gasteiger partial charge in [0.2, 0.25) is 5.60 Å². The number of ether oxygens (including phenoxy) is 1. The first-order valence-corrected chi connectivity index (χ1v) is 31.5. The van der Waals surface area contributed by atoms with E-state index in [2.05, 4.69) is 83.2 Å². The molecule has 372 valence electrons. The molecule has 1 saturated heterocycles. The Hall–Kier alpha value is -4.37. The second kappa shape index (κ2) is 19.3. The Kier molecular flexibility index (Phi) is 15.1. The first kappa shape index (κ1) is 54.0. The molecule has 21 heteroatoms. The first-order valence-electron chi connectivity index (χ1n) is 23.0. The van der Waals surface area contributed by atoms with Crippen molar-refractivity contribution in [2.45, 2.75) is 168 Å². The third kappa shape index (κ3) is 11.1. The van der Waals surface area contributed by atoms with E-state index < -0.39 is 73.8 Å². The lowest BCUT2D eigenvalue weighted by Gasteiger charge is -2.49. The fourth-order valence-corrected chi connectivity index (χ4v) is 12.2. The van der Waals surface area contributed by atoms with Gasteiger partial charge in [0, 0.05) is 34.6 Å². The van der Waals surface area contributed by atoms with Gasteiger partial charge in [-0.25, -0.2) is 14.6 Å². The van der Waals surface area contributed by atoms with Crippen LogP contribution in [0.1, 0.15) is 105 Å². The van der Waals surface area contributed by atoms with Gasteiger partial charge in [0.15, 0.2) is 29.9 Å². The van der Waals surface area contributed by atoms with E-state index in [4.69, 9.17) is 42.7 Å². The number of thiazole rings is 1. The number of carbonyl (C=O) groups is 4. The molecule has 0 bridgehead atoms. The van der Waals surface area contributed by atoms with Crippen molar-refractivity contribution in [3.8, 4) is 22.6 Å². The van der Waals surface area contributed by atoms with Gasteiger partial charge in [-0.2, -0.15) is 4.57 Å². The van der Waals surface area contributed by atoms with Crippen molar-refractivity contribution >= 4 is 87.9 Å². The summed E-state index contributed by atoms with van der Waals surface area (Å²) in [6.45, 7) is 31.8. The van der Waals surface area contributed by atoms with Crippen LogP contribution >= 0.6 is 22.9 Å². The number of nitrogens with one attached hydrogen (secondary N) is 1. The predicted molar refractivity (Wildman–Crippen MR) is 274 cm³/mol. The summed E-state index contributed by atoms with van der Waals surface area (Å²) in [5, 5.41) is 8.03. The molecule has 1 unspecified atom stereocenters. The highest BCUT2D eigenvalue weighted by molar-refractivity contribution is 7.86. The highest BCUT2D eigenvalue weighted by Crippen LogP contribution is 2.50. The number of rotatable bonds is 14. The molecule has 2 amide bonds. The van der Waals surface area contributed by atoms with E-state index in [1.54, 1.807) is 33.1 Å². The lowest BCUT2D eigenvalue weighted by Crippen LogP contribution is -2.74. The number of pyridine rings is 1. The monoisotopic (exact) mass is 1040 g/mol. The molecular formula is C48H66BClN5O10S2Si2+. The van der Waals surface area contributed by atoms with Crippen LogP contribution in [0, 0.1) is 6.92 Å². The Balaban J connectivity index is 1.32. The minimum Gasteiger partial charge on any atom is -0.541 e. The van der Waals surface area contributed by atoms with Crippen LogP contribution in [0.15, 0.2) is 46.2 Å². The highest BCUT2D eigenvalue weighted by atomic mass is 35.5. The van der Waals surface area contributed by atoms with Gasteiger partial charge in [-0.3, -0.25) is 18.7 Å². The number of benzene rings is 1. The number of oxime groups is 1. The quantitative estimate of drug-likeness (QED) is 0.0412. The van der Waals surface area contributed by atoms with Gasteiger partial charge in [0.05, 0.1) is 26.6 Å². The van der Waals surface area contributed by atoms with Gasteiger partial charge < -0.3 is 28.4 Å². The summed E-state index contributed by atoms with van der Waals surface area (Å²) in [6.07, 6.45) is 4.24. The zero-order chi connectivity index (χ0) is 51.6. The third-order valence-electron chi connectivity index (χ3n) is 13.5. The molecule has 3 aromatic rings. The Morgan fingerprint density at radius 3 is 2.19 bits per heavy atom. The number of β-lactam (4-membered cyclic amide) rings is 1. The van der Waals surface area contributed by atoms with Gasteiger partial charge in [-0.1, -0.05) is 58.3 Å². The molecule has 3 aliphatic rings. The van der Waals surface area contributed by atoms with Crippen molar-refractivity contribution in [3.63, 3.8) is 0 Å². The number of aryl methyl sites for hydroxylation is 1. The summed E-state index contributed by atoms with van der Waals surface area (Å²) >= 11 is 8.71. The number of aromatic nitrogens is 2. The van der Waals surface area contributed by atoms with Crippen LogP contribution < -0.4 is 18.7 Å². The van der Waals surface area contributed by atoms with E-state index >= 15 is 0 Å². The van der Waals surface area contributed by atoms with Gasteiger partial charge in [0.25, 0.3) is 28.4 Å². The molecule has 1 fully saturated rings. The van der Waals surface area contributed by atoms with E-state index in [9.17, 15) is 23.4 Å². The van der Waals surface area contributed by atoms with Crippen LogP contribution in [-0.4, -0.2) is 96.6 Å². The lowest BCUT2D eigenvalue weighted by molar-refractivity contribution is -0.696. The van der Waals surface area contributed by atoms with Crippen molar-refractivity contribution in [1.82, 2.24) is 15.2 Å². The highest BCUT2D eigenvalue weighted by Gasteiger charge is 2.58. The molecule has 3 atom stereocenters. The van der Waals surface area contributed by atoms with Gasteiger partial charge in [-0.15, -0.1) is 11.3 Å². The number of fused-ring (bicyclic) bond motifs is 2. The normalized spacial score (nSPS) is 19.1. The second-order valence-corrected chi connectivity index (χ2v) is 34.8. The summed E-state index contributed by atoms with van der Waals surface area (Å²) in [7, 11) is -1.03. The molecule has 2 aromatic heterocycles. The molecule has 2 radical (unpaired) electrons. The van der Waals surface area contributed by atoms with E-state index in [0.717, 1.165) is 40.1 Å². The van der Waals surface area contributed by atoms with Crippen molar-refractivity contribution in [2.24, 2.45) is 5.16 Å². The molecule has 0 saturated carbocycles. The summed E-state index contributed by atoms with van der Waals surface area (Å²) in [4.78, 5) is 65.6. The van der Waals surface area contributed by atoms with Gasteiger partial charge in [0.1, 0.15) is 34.2 Å². The molecule has 1 N–H and O–H groups in total. The van der Waals surface area contributed by atoms with Gasteiger partial charge in [-0.05, 0) is 108 Å². The molecule has 6 rings (SSSR count). The fourth-order valence-electron chi connectivity index (χ4n) is 7.56. The lowest BCUT2D eigenvalue weighted by atomic mass is 9.98. The maximum absolute atomic E-state index is 14.2. The maximum Gasteiger partial charge on any atom is 0.378 e. The standard InChI is InChI=1S/C48H65BClN5O10S2Si2/c1-27-51-32(25-66-27)36(53-65-48(11,12)44(59)61-45(2,3)4)40(56)52-37-41(57)55-38(43(58)62-49)28(26-67(60)42(37)55)24-54-23-22-29(30-18-17-19-33(30)54)31-20-21-34(63-68(13,14)46(5,6)7)39(35(31)50)64-69(15,16)47(8,9)10/h20-23,25,37,42H,17-19,24,26H2,1-16H3/p+1/b53-36-/t37-,42-,67?/m1/s1. The zero-order valence-electron chi connectivity index (χ0n) is 42.7. The van der Waals surface area contributed by atoms with E-state index in [-0.39, 0.29) is 39.5 Å². The number of nitrogens with zero attached hydrogens (tertiary/aromatic N) is 4.